The fourth-order valence-corrected chi connectivity index (χ4v) is 1.77. The molecule has 7 heteroatoms. The Morgan fingerprint density at radius 2 is 1.75 bits per heavy atom. The highest BCUT2D eigenvalue weighted by atomic mass is 16.6. The van der Waals surface area contributed by atoms with Gasteiger partial charge in [0, 0.05) is 17.7 Å². The second kappa shape index (κ2) is 5.43. The number of nitrogen functional groups attached to an aromatic ring is 1. The van der Waals surface area contributed by atoms with Crippen molar-refractivity contribution in [3.05, 3.63) is 40.4 Å². The van der Waals surface area contributed by atoms with Crippen molar-refractivity contribution >= 4 is 11.5 Å². The molecule has 104 valence electrons. The molecular weight excluding hydrogens is 262 g/mol. The van der Waals surface area contributed by atoms with Crippen LogP contribution in [0.1, 0.15) is 0 Å². The molecule has 2 aromatic rings. The van der Waals surface area contributed by atoms with Gasteiger partial charge in [-0.25, -0.2) is 4.98 Å². The van der Waals surface area contributed by atoms with Crippen molar-refractivity contribution in [3.8, 4) is 22.8 Å². The second-order valence-corrected chi connectivity index (χ2v) is 3.96. The molecule has 0 atom stereocenters. The highest BCUT2D eigenvalue weighted by Crippen LogP contribution is 2.34. The minimum atomic E-state index is -0.506. The Hall–Kier alpha value is -2.83. The lowest BCUT2D eigenvalue weighted by Crippen LogP contribution is -1.99. The molecule has 0 aliphatic heterocycles. The molecule has 1 aromatic heterocycles. The number of rotatable bonds is 4. The fourth-order valence-electron chi connectivity index (χ4n) is 1.77. The summed E-state index contributed by atoms with van der Waals surface area (Å²) in [5, 5.41) is 11.1. The lowest BCUT2D eigenvalue weighted by Gasteiger charge is -2.08. The van der Waals surface area contributed by atoms with Crippen molar-refractivity contribution in [2.45, 2.75) is 0 Å². The summed E-state index contributed by atoms with van der Waals surface area (Å²) < 4.78 is 10.3. The van der Waals surface area contributed by atoms with Crippen molar-refractivity contribution in [1.29, 1.82) is 0 Å². The molecule has 0 unspecified atom stereocenters. The lowest BCUT2D eigenvalue weighted by atomic mass is 10.1. The van der Waals surface area contributed by atoms with Gasteiger partial charge in [-0.3, -0.25) is 10.1 Å². The summed E-state index contributed by atoms with van der Waals surface area (Å²) in [6, 6.07) is 7.65. The Labute approximate surface area is 115 Å². The summed E-state index contributed by atoms with van der Waals surface area (Å²) in [6.07, 6.45) is 0. The molecule has 0 saturated heterocycles. The first kappa shape index (κ1) is 13.6. The van der Waals surface area contributed by atoms with Gasteiger partial charge in [-0.05, 0) is 18.2 Å². The lowest BCUT2D eigenvalue weighted by molar-refractivity contribution is -0.384. The molecule has 1 heterocycles. The van der Waals surface area contributed by atoms with E-state index in [4.69, 9.17) is 15.2 Å². The van der Waals surface area contributed by atoms with E-state index in [2.05, 4.69) is 4.98 Å². The number of nitrogens with zero attached hydrogens (tertiary/aromatic N) is 2. The second-order valence-electron chi connectivity index (χ2n) is 3.96. The van der Waals surface area contributed by atoms with Gasteiger partial charge >= 0.3 is 0 Å². The minimum absolute atomic E-state index is 0.130. The van der Waals surface area contributed by atoms with Crippen LogP contribution in [-0.2, 0) is 0 Å². The number of benzene rings is 1. The Kier molecular flexibility index (Phi) is 3.69. The van der Waals surface area contributed by atoms with Gasteiger partial charge in [-0.2, -0.15) is 0 Å². The molecule has 0 amide bonds. The first-order valence-corrected chi connectivity index (χ1v) is 5.69. The van der Waals surface area contributed by atoms with E-state index in [1.165, 1.54) is 26.4 Å². The van der Waals surface area contributed by atoms with E-state index in [-0.39, 0.29) is 17.2 Å². The van der Waals surface area contributed by atoms with Crippen molar-refractivity contribution in [3.63, 3.8) is 0 Å². The smallest absolute Gasteiger partial charge is 0.295 e. The number of nitrogens with two attached hydrogens (primary N) is 1. The highest BCUT2D eigenvalue weighted by Gasteiger charge is 2.18. The summed E-state index contributed by atoms with van der Waals surface area (Å²) in [6.45, 7) is 0. The number of hydrogen-bond acceptors (Lipinski definition) is 6. The van der Waals surface area contributed by atoms with Crippen molar-refractivity contribution in [2.24, 2.45) is 0 Å². The molecule has 0 radical (unpaired) electrons. The van der Waals surface area contributed by atoms with E-state index >= 15 is 0 Å². The normalized spacial score (nSPS) is 10.1. The largest absolute Gasteiger partial charge is 0.497 e. The Balaban J connectivity index is 2.66. The van der Waals surface area contributed by atoms with E-state index in [9.17, 15) is 10.1 Å². The molecule has 20 heavy (non-hydrogen) atoms. The summed E-state index contributed by atoms with van der Waals surface area (Å²) in [5.74, 6) is 1.23. The average molecular weight is 275 g/mol. The van der Waals surface area contributed by atoms with E-state index in [1.807, 2.05) is 0 Å². The third kappa shape index (κ3) is 2.61. The van der Waals surface area contributed by atoms with E-state index in [0.29, 0.717) is 17.1 Å². The van der Waals surface area contributed by atoms with Gasteiger partial charge in [0.05, 0.1) is 19.1 Å². The Morgan fingerprint density at radius 3 is 2.25 bits per heavy atom. The van der Waals surface area contributed by atoms with Crippen LogP contribution in [-0.4, -0.2) is 24.1 Å². The maximum Gasteiger partial charge on any atom is 0.295 e. The van der Waals surface area contributed by atoms with Crippen LogP contribution in [0.2, 0.25) is 0 Å². The summed E-state index contributed by atoms with van der Waals surface area (Å²) in [4.78, 5) is 14.6. The Morgan fingerprint density at radius 1 is 1.15 bits per heavy atom. The van der Waals surface area contributed by atoms with Crippen LogP contribution in [0.4, 0.5) is 11.5 Å². The van der Waals surface area contributed by atoms with Gasteiger partial charge in [-0.1, -0.05) is 0 Å². The zero-order valence-electron chi connectivity index (χ0n) is 11.0. The maximum atomic E-state index is 11.1. The van der Waals surface area contributed by atoms with Gasteiger partial charge in [0.25, 0.3) is 5.69 Å². The molecule has 7 nitrogen and oxygen atoms in total. The number of nitro groups is 1. The maximum absolute atomic E-state index is 11.1. The van der Waals surface area contributed by atoms with Crippen LogP contribution in [0.3, 0.4) is 0 Å². The molecule has 0 bridgehead atoms. The summed E-state index contributed by atoms with van der Waals surface area (Å²) in [7, 11) is 3.00. The number of anilines is 1. The SMILES string of the molecule is COc1cc(OC)cc(-c2nc(N)ccc2[N+](=O)[O-])c1. The van der Waals surface area contributed by atoms with Gasteiger partial charge in [-0.15, -0.1) is 0 Å². The van der Waals surface area contributed by atoms with E-state index < -0.39 is 4.92 Å². The molecule has 0 saturated carbocycles. The van der Waals surface area contributed by atoms with Gasteiger partial charge in [0.15, 0.2) is 5.69 Å². The van der Waals surface area contributed by atoms with Crippen LogP contribution < -0.4 is 15.2 Å². The Bertz CT molecular complexity index is 636. The van der Waals surface area contributed by atoms with E-state index in [1.54, 1.807) is 18.2 Å². The molecule has 0 spiro atoms. The van der Waals surface area contributed by atoms with Gasteiger partial charge in [0.2, 0.25) is 0 Å². The molecule has 0 aliphatic carbocycles. The standard InChI is InChI=1S/C13H13N3O4/c1-19-9-5-8(6-10(7-9)20-2)13-11(16(17)18)3-4-12(14)15-13/h3-7H,1-2H3,(H2,14,15). The molecule has 2 N–H and O–H groups in total. The highest BCUT2D eigenvalue weighted by molar-refractivity contribution is 5.73. The monoisotopic (exact) mass is 275 g/mol. The van der Waals surface area contributed by atoms with Crippen LogP contribution in [0.15, 0.2) is 30.3 Å². The van der Waals surface area contributed by atoms with Gasteiger partial charge in [0.1, 0.15) is 17.3 Å². The third-order valence-electron chi connectivity index (χ3n) is 2.72. The molecule has 1 aromatic carbocycles. The first-order chi connectivity index (χ1) is 9.55. The predicted octanol–water partition coefficient (Wildman–Crippen LogP) is 2.26. The molecule has 2 rings (SSSR count). The summed E-state index contributed by atoms with van der Waals surface area (Å²) in [5.41, 5.74) is 6.15. The minimum Gasteiger partial charge on any atom is -0.497 e. The van der Waals surface area contributed by atoms with Crippen molar-refractivity contribution in [1.82, 2.24) is 4.98 Å². The molecule has 0 fully saturated rings. The number of hydrogen-bond donors (Lipinski definition) is 1. The van der Waals surface area contributed by atoms with E-state index in [0.717, 1.165) is 0 Å². The van der Waals surface area contributed by atoms with Gasteiger partial charge < -0.3 is 15.2 Å². The topological polar surface area (TPSA) is 101 Å². The average Bonchev–Trinajstić information content (AvgIpc) is 2.46. The van der Waals surface area contributed by atoms with Crippen LogP contribution in [0, 0.1) is 10.1 Å². The van der Waals surface area contributed by atoms with Crippen molar-refractivity contribution in [2.75, 3.05) is 20.0 Å². The number of aromatic nitrogens is 1. The van der Waals surface area contributed by atoms with Crippen LogP contribution in [0.25, 0.3) is 11.3 Å². The number of methoxy groups -OCH3 is 2. The number of pyridine rings is 1. The van der Waals surface area contributed by atoms with Crippen molar-refractivity contribution < 1.29 is 14.4 Å². The zero-order valence-corrected chi connectivity index (χ0v) is 11.0. The summed E-state index contributed by atoms with van der Waals surface area (Å²) >= 11 is 0. The fraction of sp³-hybridized carbons (Fsp3) is 0.154. The quantitative estimate of drug-likeness (QED) is 0.678. The molecule has 0 aliphatic rings. The number of ether oxygens (including phenoxy) is 2. The van der Waals surface area contributed by atoms with Crippen LogP contribution >= 0.6 is 0 Å². The zero-order chi connectivity index (χ0) is 14.7. The third-order valence-corrected chi connectivity index (χ3v) is 2.72. The predicted molar refractivity (Wildman–Crippen MR) is 73.8 cm³/mol. The first-order valence-electron chi connectivity index (χ1n) is 5.69. The van der Waals surface area contributed by atoms with Crippen LogP contribution in [0.5, 0.6) is 11.5 Å². The molecular formula is C13H13N3O4.